The number of amides is 3. The van der Waals surface area contributed by atoms with E-state index in [9.17, 15) is 28.3 Å². The molecular weight excluding hydrogens is 686 g/mol. The molecule has 4 rings (SSSR count). The number of hydrogen-bond acceptors (Lipinski definition) is 9. The molecule has 0 radical (unpaired) electrons. The maximum Gasteiger partial charge on any atom is 0.292 e. The number of nitrogens with zero attached hydrogens (tertiary/aromatic N) is 5. The molecule has 0 saturated carbocycles. The zero-order valence-corrected chi connectivity index (χ0v) is 29.2. The van der Waals surface area contributed by atoms with E-state index in [0.717, 1.165) is 40.4 Å². The lowest BCUT2D eigenvalue weighted by atomic mass is 10.1. The minimum atomic E-state index is -2.74. The second kappa shape index (κ2) is 17.5. The Labute approximate surface area is 299 Å². The van der Waals surface area contributed by atoms with E-state index in [4.69, 9.17) is 22.1 Å². The number of halogens is 3. The van der Waals surface area contributed by atoms with Gasteiger partial charge in [-0.25, -0.2) is 13.8 Å². The van der Waals surface area contributed by atoms with Crippen molar-refractivity contribution in [2.75, 3.05) is 44.6 Å². The minimum absolute atomic E-state index is 0.0572. The summed E-state index contributed by atoms with van der Waals surface area (Å²) in [5, 5.41) is 20.4. The second-order valence-corrected chi connectivity index (χ2v) is 12.1. The summed E-state index contributed by atoms with van der Waals surface area (Å²) < 4.78 is 31.7. The van der Waals surface area contributed by atoms with Crippen molar-refractivity contribution in [2.45, 2.75) is 39.7 Å². The van der Waals surface area contributed by atoms with E-state index in [1.807, 2.05) is 25.1 Å². The van der Waals surface area contributed by atoms with Crippen LogP contribution in [0.25, 0.3) is 0 Å². The number of hydrogen-bond donors (Lipinski definition) is 4. The molecule has 2 aliphatic rings. The van der Waals surface area contributed by atoms with Gasteiger partial charge in [0.2, 0.25) is 5.91 Å². The summed E-state index contributed by atoms with van der Waals surface area (Å²) in [6.07, 6.45) is -0.0701. The molecule has 2 aromatic carbocycles. The monoisotopic (exact) mass is 726 g/mol. The molecule has 2 heterocycles. The van der Waals surface area contributed by atoms with Gasteiger partial charge in [-0.15, -0.1) is 0 Å². The van der Waals surface area contributed by atoms with E-state index in [1.54, 1.807) is 4.90 Å². The van der Waals surface area contributed by atoms with Gasteiger partial charge in [-0.2, -0.15) is 5.10 Å². The number of hydrazone groups is 1. The smallest absolute Gasteiger partial charge is 0.292 e. The Hall–Kier alpha value is -5.44. The first kappa shape index (κ1) is 38.4. The first-order chi connectivity index (χ1) is 24.3. The Morgan fingerprint density at radius 3 is 2.49 bits per heavy atom. The number of carbonyl (C=O) groups excluding carboxylic acids is 3. The topological polar surface area (TPSA) is 165 Å². The van der Waals surface area contributed by atoms with Gasteiger partial charge in [0.1, 0.15) is 23.8 Å². The average Bonchev–Trinajstić information content (AvgIpc) is 3.59. The standard InChI is InChI=1S/C35H41ClF2N8O5/c1-5-27(42-20-41-18-23-6-9-29-24(16-23)10-15-51-29)31(44-11-13-45(14-12-44)34(49)21(2)32(48)22(3)39)35(50)46(40-4)19-30(47)43-28-8-7-25(33(37)38)17-26(28)36/h6-9,16-17,20,33,48H,2,4-5,10-15,18-19,39H2,1,3H3,(H,41,42)(H,43,47)/b31-27+,32-22+. The van der Waals surface area contributed by atoms with Crippen LogP contribution in [0.4, 0.5) is 14.5 Å². The number of aliphatic hydroxyl groups is 1. The quantitative estimate of drug-likeness (QED) is 0.0553. The van der Waals surface area contributed by atoms with Crippen molar-refractivity contribution >= 4 is 48.1 Å². The maximum absolute atomic E-state index is 14.2. The molecule has 2 aliphatic heterocycles. The molecule has 272 valence electrons. The van der Waals surface area contributed by atoms with Crippen LogP contribution in [0.3, 0.4) is 0 Å². The fourth-order valence-electron chi connectivity index (χ4n) is 5.47. The van der Waals surface area contributed by atoms with E-state index in [0.29, 0.717) is 25.3 Å². The number of alkyl halides is 2. The first-order valence-corrected chi connectivity index (χ1v) is 16.5. The van der Waals surface area contributed by atoms with Crippen molar-refractivity contribution in [1.82, 2.24) is 20.1 Å². The van der Waals surface area contributed by atoms with Crippen molar-refractivity contribution in [1.29, 1.82) is 0 Å². The van der Waals surface area contributed by atoms with Crippen molar-refractivity contribution in [3.05, 3.63) is 93.1 Å². The molecule has 0 atom stereocenters. The zero-order valence-electron chi connectivity index (χ0n) is 28.4. The van der Waals surface area contributed by atoms with Gasteiger partial charge in [0.15, 0.2) is 0 Å². The molecule has 0 bridgehead atoms. The Kier molecular flexibility index (Phi) is 13.1. The van der Waals surface area contributed by atoms with Crippen LogP contribution in [0.5, 0.6) is 5.75 Å². The van der Waals surface area contributed by atoms with Gasteiger partial charge in [0, 0.05) is 56.3 Å². The summed E-state index contributed by atoms with van der Waals surface area (Å²) >= 11 is 6.11. The molecular formula is C35H41ClF2N8O5. The predicted molar refractivity (Wildman–Crippen MR) is 191 cm³/mol. The summed E-state index contributed by atoms with van der Waals surface area (Å²) in [7, 11) is 0. The van der Waals surface area contributed by atoms with Crippen LogP contribution < -0.4 is 21.1 Å². The van der Waals surface area contributed by atoms with Crippen molar-refractivity contribution < 1.29 is 33.0 Å². The molecule has 2 aromatic rings. The van der Waals surface area contributed by atoms with E-state index in [1.165, 1.54) is 24.2 Å². The van der Waals surface area contributed by atoms with Gasteiger partial charge in [0.05, 0.1) is 35.8 Å². The SMILES string of the molecule is C=NN(CC(=O)Nc1ccc(C(F)F)cc1Cl)C(=O)/C(=C(/CC)NC=NCc1ccc2c(c1)CCO2)N1CCN(C(=O)C(=C)/C(O)=C(/C)N)CC1. The molecule has 1 saturated heterocycles. The highest BCUT2D eigenvalue weighted by Gasteiger charge is 2.32. The van der Waals surface area contributed by atoms with Gasteiger partial charge >= 0.3 is 0 Å². The zero-order chi connectivity index (χ0) is 37.2. The van der Waals surface area contributed by atoms with Gasteiger partial charge in [0.25, 0.3) is 18.2 Å². The normalized spacial score (nSPS) is 15.1. The number of anilines is 1. The lowest BCUT2D eigenvalue weighted by Gasteiger charge is -2.38. The minimum Gasteiger partial charge on any atom is -0.505 e. The number of benzene rings is 2. The summed E-state index contributed by atoms with van der Waals surface area (Å²) in [5.74, 6) is -1.39. The van der Waals surface area contributed by atoms with Crippen molar-refractivity contribution in [3.8, 4) is 5.75 Å². The molecule has 51 heavy (non-hydrogen) atoms. The Balaban J connectivity index is 1.55. The molecule has 0 aromatic heterocycles. The van der Waals surface area contributed by atoms with Crippen LogP contribution in [-0.4, -0.2) is 90.0 Å². The lowest BCUT2D eigenvalue weighted by molar-refractivity contribution is -0.133. The maximum atomic E-state index is 14.2. The molecule has 13 nitrogen and oxygen atoms in total. The number of piperazine rings is 1. The number of nitrogens with one attached hydrogen (secondary N) is 2. The van der Waals surface area contributed by atoms with Crippen LogP contribution in [0.1, 0.15) is 43.4 Å². The van der Waals surface area contributed by atoms with Crippen LogP contribution in [0.15, 0.2) is 81.5 Å². The van der Waals surface area contributed by atoms with Crippen LogP contribution >= 0.6 is 11.6 Å². The number of rotatable bonds is 14. The van der Waals surface area contributed by atoms with Crippen LogP contribution in [0, 0.1) is 0 Å². The van der Waals surface area contributed by atoms with Crippen LogP contribution in [-0.2, 0) is 27.3 Å². The molecule has 0 unspecified atom stereocenters. The van der Waals surface area contributed by atoms with E-state index in [2.05, 4.69) is 34.0 Å². The highest BCUT2D eigenvalue weighted by atomic mass is 35.5. The third kappa shape index (κ3) is 9.63. The highest BCUT2D eigenvalue weighted by molar-refractivity contribution is 6.33. The third-order valence-corrected chi connectivity index (χ3v) is 8.53. The fraction of sp³-hybridized carbons (Fsp3) is 0.343. The lowest BCUT2D eigenvalue weighted by Crippen LogP contribution is -2.51. The van der Waals surface area contributed by atoms with E-state index >= 15 is 0 Å². The molecule has 0 aliphatic carbocycles. The number of aliphatic imine (C=N–C) groups is 1. The first-order valence-electron chi connectivity index (χ1n) is 16.1. The average molecular weight is 727 g/mol. The molecule has 0 spiro atoms. The summed E-state index contributed by atoms with van der Waals surface area (Å²) in [5.41, 5.74) is 8.07. The Morgan fingerprint density at radius 2 is 1.86 bits per heavy atom. The van der Waals surface area contributed by atoms with E-state index in [-0.39, 0.29) is 65.2 Å². The van der Waals surface area contributed by atoms with Gasteiger partial charge in [-0.05, 0) is 42.7 Å². The molecule has 3 amide bonds. The molecule has 5 N–H and O–H groups in total. The van der Waals surface area contributed by atoms with E-state index < -0.39 is 30.7 Å². The van der Waals surface area contributed by atoms with Crippen LogP contribution in [0.2, 0.25) is 5.02 Å². The third-order valence-electron chi connectivity index (χ3n) is 8.22. The van der Waals surface area contributed by atoms with Gasteiger partial charge in [-0.1, -0.05) is 43.3 Å². The predicted octanol–water partition coefficient (Wildman–Crippen LogP) is 4.48. The second-order valence-electron chi connectivity index (χ2n) is 11.7. The number of allylic oxidation sites excluding steroid dienone is 2. The number of fused-ring (bicyclic) bond motifs is 1. The van der Waals surface area contributed by atoms with Gasteiger partial charge < -0.3 is 36.0 Å². The number of nitrogens with two attached hydrogens (primary N) is 1. The summed E-state index contributed by atoms with van der Waals surface area (Å²) in [6.45, 7) is 11.7. The fourth-order valence-corrected chi connectivity index (χ4v) is 5.71. The summed E-state index contributed by atoms with van der Waals surface area (Å²) in [4.78, 5) is 48.0. The number of aliphatic hydroxyl groups excluding tert-OH is 1. The van der Waals surface area contributed by atoms with Crippen molar-refractivity contribution in [2.24, 2.45) is 15.8 Å². The highest BCUT2D eigenvalue weighted by Crippen LogP contribution is 2.29. The largest absolute Gasteiger partial charge is 0.505 e. The van der Waals surface area contributed by atoms with Crippen molar-refractivity contribution in [3.63, 3.8) is 0 Å². The molecule has 16 heteroatoms. The Morgan fingerprint density at radius 1 is 1.16 bits per heavy atom. The number of carbonyl (C=O) groups is 3. The number of ether oxygens (including phenoxy) is 1. The van der Waals surface area contributed by atoms with Gasteiger partial charge in [-0.3, -0.25) is 19.4 Å². The summed E-state index contributed by atoms with van der Waals surface area (Å²) in [6, 6.07) is 9.33. The Bertz CT molecular complexity index is 1770. The molecule has 1 fully saturated rings.